The summed E-state index contributed by atoms with van der Waals surface area (Å²) in [4.78, 5) is 0. The molecule has 0 amide bonds. The van der Waals surface area contributed by atoms with Crippen LogP contribution in [-0.4, -0.2) is 15.8 Å². The highest BCUT2D eigenvalue weighted by Gasteiger charge is 2.43. The van der Waals surface area contributed by atoms with E-state index in [0.717, 1.165) is 28.0 Å². The number of hydrogen-bond donors (Lipinski definition) is 2. The minimum absolute atomic E-state index is 0.165. The average Bonchev–Trinajstić information content (AvgIpc) is 2.73. The van der Waals surface area contributed by atoms with Gasteiger partial charge in [-0.2, -0.15) is 0 Å². The number of fused-ring (bicyclic) bond motifs is 1. The maximum Gasteiger partial charge on any atom is 0.135 e. The maximum atomic E-state index is 10.6. The lowest BCUT2D eigenvalue weighted by atomic mass is 9.66. The van der Waals surface area contributed by atoms with Gasteiger partial charge in [0.1, 0.15) is 17.3 Å². The highest BCUT2D eigenvalue weighted by molar-refractivity contribution is 5.67. The molecule has 0 fully saturated rings. The lowest BCUT2D eigenvalue weighted by molar-refractivity contribution is 0.0955. The molecule has 0 saturated carbocycles. The van der Waals surface area contributed by atoms with Gasteiger partial charge in [0.15, 0.2) is 0 Å². The summed E-state index contributed by atoms with van der Waals surface area (Å²) < 4.78 is 6.17. The van der Waals surface area contributed by atoms with Crippen LogP contribution in [0.5, 0.6) is 11.5 Å². The summed E-state index contributed by atoms with van der Waals surface area (Å²) in [6, 6.07) is 24.2. The summed E-state index contributed by atoms with van der Waals surface area (Å²) in [6.07, 6.45) is 4.22. The Kier molecular flexibility index (Phi) is 4.12. The molecule has 2 aliphatic rings. The van der Waals surface area contributed by atoms with Gasteiger partial charge < -0.3 is 14.9 Å². The van der Waals surface area contributed by atoms with E-state index in [4.69, 9.17) is 4.74 Å². The second-order valence-electron chi connectivity index (χ2n) is 8.56. The Hall–Kier alpha value is -3.30. The summed E-state index contributed by atoms with van der Waals surface area (Å²) in [6.45, 7) is 3.96. The molecular formula is C27H24O3. The Bertz CT molecular complexity index is 1170. The van der Waals surface area contributed by atoms with Crippen LogP contribution >= 0.6 is 0 Å². The van der Waals surface area contributed by atoms with E-state index in [-0.39, 0.29) is 5.75 Å². The van der Waals surface area contributed by atoms with Gasteiger partial charge >= 0.3 is 0 Å². The summed E-state index contributed by atoms with van der Waals surface area (Å²) in [5, 5.41) is 20.6. The molecule has 2 unspecified atom stereocenters. The van der Waals surface area contributed by atoms with Crippen LogP contribution in [0, 0.1) is 0 Å². The second kappa shape index (κ2) is 6.61. The normalized spacial score (nSPS) is 24.8. The van der Waals surface area contributed by atoms with Crippen LogP contribution in [0.4, 0.5) is 0 Å². The van der Waals surface area contributed by atoms with Crippen molar-refractivity contribution in [1.29, 1.82) is 0 Å². The number of benzene rings is 3. The standard InChI is InChI=1S/C27H24O3/c1-26(29)15-14-23-25(17-26)30-24-16-21(28)12-13-22(24)27(23,2)20-10-8-19(9-11-20)18-6-4-3-5-7-18/h3-16,28-29H,17H2,1-2H3. The lowest BCUT2D eigenvalue weighted by Gasteiger charge is -2.42. The predicted octanol–water partition coefficient (Wildman–Crippen LogP) is 5.72. The van der Waals surface area contributed by atoms with Gasteiger partial charge in [0.2, 0.25) is 0 Å². The number of ether oxygens (including phenoxy) is 1. The first kappa shape index (κ1) is 18.7. The van der Waals surface area contributed by atoms with Crippen molar-refractivity contribution < 1.29 is 14.9 Å². The zero-order valence-electron chi connectivity index (χ0n) is 17.1. The van der Waals surface area contributed by atoms with E-state index in [1.165, 1.54) is 5.56 Å². The zero-order valence-corrected chi connectivity index (χ0v) is 17.1. The van der Waals surface area contributed by atoms with Crippen LogP contribution in [0.1, 0.15) is 31.4 Å². The van der Waals surface area contributed by atoms with Gasteiger partial charge in [-0.25, -0.2) is 0 Å². The quantitative estimate of drug-likeness (QED) is 0.582. The second-order valence-corrected chi connectivity index (χ2v) is 8.56. The monoisotopic (exact) mass is 396 g/mol. The van der Waals surface area contributed by atoms with Crippen molar-refractivity contribution in [2.45, 2.75) is 31.3 Å². The van der Waals surface area contributed by atoms with Crippen molar-refractivity contribution in [3.05, 3.63) is 107 Å². The average molecular weight is 396 g/mol. The lowest BCUT2D eigenvalue weighted by Crippen LogP contribution is -2.36. The molecule has 0 aromatic heterocycles. The number of rotatable bonds is 2. The Balaban J connectivity index is 1.67. The van der Waals surface area contributed by atoms with Gasteiger partial charge in [0.05, 0.1) is 5.60 Å². The van der Waals surface area contributed by atoms with Gasteiger partial charge in [-0.05, 0) is 36.6 Å². The van der Waals surface area contributed by atoms with Crippen LogP contribution in [0.25, 0.3) is 11.1 Å². The van der Waals surface area contributed by atoms with E-state index < -0.39 is 11.0 Å². The topological polar surface area (TPSA) is 49.7 Å². The molecule has 5 rings (SSSR count). The molecule has 3 aromatic rings. The number of allylic oxidation sites excluding steroid dienone is 2. The van der Waals surface area contributed by atoms with Gasteiger partial charge in [0.25, 0.3) is 0 Å². The molecule has 3 aromatic carbocycles. The van der Waals surface area contributed by atoms with Crippen molar-refractivity contribution in [2.24, 2.45) is 0 Å². The van der Waals surface area contributed by atoms with Crippen LogP contribution in [0.3, 0.4) is 0 Å². The van der Waals surface area contributed by atoms with E-state index >= 15 is 0 Å². The van der Waals surface area contributed by atoms with Crippen molar-refractivity contribution >= 4 is 0 Å². The van der Waals surface area contributed by atoms with E-state index in [2.05, 4.69) is 43.3 Å². The number of aromatic hydroxyl groups is 1. The van der Waals surface area contributed by atoms with Crippen molar-refractivity contribution in [2.75, 3.05) is 0 Å². The zero-order chi connectivity index (χ0) is 20.9. The Morgan fingerprint density at radius 3 is 2.30 bits per heavy atom. The first-order valence-corrected chi connectivity index (χ1v) is 10.2. The fraction of sp³-hybridized carbons (Fsp3) is 0.185. The van der Waals surface area contributed by atoms with Gasteiger partial charge in [-0.3, -0.25) is 0 Å². The molecular weight excluding hydrogens is 372 g/mol. The van der Waals surface area contributed by atoms with Crippen LogP contribution in [0.2, 0.25) is 0 Å². The van der Waals surface area contributed by atoms with Crippen molar-refractivity contribution in [3.63, 3.8) is 0 Å². The molecule has 1 heterocycles. The van der Waals surface area contributed by atoms with E-state index in [1.807, 2.05) is 36.4 Å². The Labute approximate surface area is 176 Å². The largest absolute Gasteiger partial charge is 0.508 e. The smallest absolute Gasteiger partial charge is 0.135 e. The SMILES string of the molecule is CC1(O)C=CC2=C(C1)Oc1cc(O)ccc1C2(C)c1ccc(-c2ccccc2)cc1. The van der Waals surface area contributed by atoms with Crippen molar-refractivity contribution in [1.82, 2.24) is 0 Å². The molecule has 2 N–H and O–H groups in total. The van der Waals surface area contributed by atoms with Crippen LogP contribution < -0.4 is 4.74 Å². The van der Waals surface area contributed by atoms with Crippen molar-refractivity contribution in [3.8, 4) is 22.6 Å². The minimum Gasteiger partial charge on any atom is -0.508 e. The molecule has 0 saturated heterocycles. The van der Waals surface area contributed by atoms with Gasteiger partial charge in [-0.15, -0.1) is 0 Å². The predicted molar refractivity (Wildman–Crippen MR) is 118 cm³/mol. The summed E-state index contributed by atoms with van der Waals surface area (Å²) >= 11 is 0. The Morgan fingerprint density at radius 1 is 0.867 bits per heavy atom. The first-order valence-electron chi connectivity index (χ1n) is 10.2. The third-order valence-electron chi connectivity index (χ3n) is 6.27. The molecule has 0 spiro atoms. The molecule has 0 radical (unpaired) electrons. The number of aliphatic hydroxyl groups is 1. The van der Waals surface area contributed by atoms with E-state index in [1.54, 1.807) is 19.1 Å². The number of hydrogen-bond acceptors (Lipinski definition) is 3. The molecule has 2 atom stereocenters. The molecule has 0 bridgehead atoms. The summed E-state index contributed by atoms with van der Waals surface area (Å²) in [7, 11) is 0. The van der Waals surface area contributed by atoms with E-state index in [0.29, 0.717) is 12.2 Å². The molecule has 3 heteroatoms. The first-order chi connectivity index (χ1) is 14.4. The van der Waals surface area contributed by atoms with Gasteiger partial charge in [-0.1, -0.05) is 72.8 Å². The third kappa shape index (κ3) is 2.94. The van der Waals surface area contributed by atoms with Gasteiger partial charge in [0, 0.05) is 29.0 Å². The molecule has 1 aliphatic heterocycles. The molecule has 3 nitrogen and oxygen atoms in total. The summed E-state index contributed by atoms with van der Waals surface area (Å²) in [5.41, 5.74) is 4.11. The highest BCUT2D eigenvalue weighted by atomic mass is 16.5. The molecule has 150 valence electrons. The third-order valence-corrected chi connectivity index (χ3v) is 6.27. The van der Waals surface area contributed by atoms with Crippen LogP contribution in [-0.2, 0) is 5.41 Å². The van der Waals surface area contributed by atoms with Crippen LogP contribution in [0.15, 0.2) is 96.3 Å². The summed E-state index contributed by atoms with van der Waals surface area (Å²) in [5.74, 6) is 1.54. The number of phenolic OH excluding ortho intramolecular Hbond substituents is 1. The fourth-order valence-corrected chi connectivity index (χ4v) is 4.60. The molecule has 1 aliphatic carbocycles. The molecule has 30 heavy (non-hydrogen) atoms. The minimum atomic E-state index is -0.953. The fourth-order valence-electron chi connectivity index (χ4n) is 4.60. The van der Waals surface area contributed by atoms with E-state index in [9.17, 15) is 10.2 Å². The number of phenols is 1. The highest BCUT2D eigenvalue weighted by Crippen LogP contribution is 2.52. The Morgan fingerprint density at radius 2 is 1.57 bits per heavy atom. The maximum absolute atomic E-state index is 10.6.